The van der Waals surface area contributed by atoms with E-state index in [9.17, 15) is 9.90 Å². The molecule has 1 amide bonds. The number of carbonyl (C=O) groups is 1. The maximum absolute atomic E-state index is 12.2. The third kappa shape index (κ3) is 2.37. The van der Waals surface area contributed by atoms with Crippen molar-refractivity contribution in [3.05, 3.63) is 30.1 Å². The molecule has 1 saturated heterocycles. The molecular weight excluding hydrogens is 230 g/mol. The van der Waals surface area contributed by atoms with Crippen molar-refractivity contribution in [2.75, 3.05) is 13.1 Å². The molecule has 0 aliphatic carbocycles. The lowest BCUT2D eigenvalue weighted by Gasteiger charge is -2.32. The van der Waals surface area contributed by atoms with Crippen LogP contribution in [0.15, 0.2) is 24.5 Å². The summed E-state index contributed by atoms with van der Waals surface area (Å²) in [6.45, 7) is 3.04. The van der Waals surface area contributed by atoms with Gasteiger partial charge < -0.3 is 15.7 Å². The standard InChI is InChI=1S/C13H19N3O2/c1-13(18,10-4-6-15-7-5-10)11(14)12(17)16-8-2-3-9-16/h4-7,11,18H,2-3,8-9,14H2,1H3/t11?,13-/m1/s1. The lowest BCUT2D eigenvalue weighted by Crippen LogP contribution is -2.54. The quantitative estimate of drug-likeness (QED) is 0.804. The molecule has 0 radical (unpaired) electrons. The van der Waals surface area contributed by atoms with E-state index in [-0.39, 0.29) is 5.91 Å². The molecule has 2 rings (SSSR count). The van der Waals surface area contributed by atoms with Gasteiger partial charge in [-0.25, -0.2) is 0 Å². The molecule has 5 nitrogen and oxygen atoms in total. The summed E-state index contributed by atoms with van der Waals surface area (Å²) >= 11 is 0. The summed E-state index contributed by atoms with van der Waals surface area (Å²) in [4.78, 5) is 17.8. The summed E-state index contributed by atoms with van der Waals surface area (Å²) in [5.41, 5.74) is 5.18. The van der Waals surface area contributed by atoms with Gasteiger partial charge >= 0.3 is 0 Å². The molecule has 98 valence electrons. The number of nitrogens with two attached hydrogens (primary N) is 1. The monoisotopic (exact) mass is 249 g/mol. The van der Waals surface area contributed by atoms with Crippen LogP contribution in [0, 0.1) is 0 Å². The predicted molar refractivity (Wildman–Crippen MR) is 67.6 cm³/mol. The van der Waals surface area contributed by atoms with Crippen LogP contribution >= 0.6 is 0 Å². The van der Waals surface area contributed by atoms with Gasteiger partial charge in [0.1, 0.15) is 11.6 Å². The summed E-state index contributed by atoms with van der Waals surface area (Å²) in [7, 11) is 0. The second-order valence-electron chi connectivity index (χ2n) is 4.89. The molecule has 0 spiro atoms. The molecule has 1 aliphatic heterocycles. The highest BCUT2D eigenvalue weighted by atomic mass is 16.3. The molecule has 0 aromatic carbocycles. The molecular formula is C13H19N3O2. The fourth-order valence-corrected chi connectivity index (χ4v) is 2.24. The van der Waals surface area contributed by atoms with E-state index in [0.29, 0.717) is 5.56 Å². The first kappa shape index (κ1) is 13.0. The minimum Gasteiger partial charge on any atom is -0.383 e. The van der Waals surface area contributed by atoms with Crippen molar-refractivity contribution >= 4 is 5.91 Å². The average Bonchev–Trinajstić information content (AvgIpc) is 2.92. The highest BCUT2D eigenvalue weighted by molar-refractivity contribution is 5.83. The third-order valence-electron chi connectivity index (χ3n) is 3.55. The largest absolute Gasteiger partial charge is 0.383 e. The second kappa shape index (κ2) is 5.04. The third-order valence-corrected chi connectivity index (χ3v) is 3.55. The first-order chi connectivity index (χ1) is 8.53. The molecule has 0 saturated carbocycles. The van der Waals surface area contributed by atoms with Crippen LogP contribution in [0.3, 0.4) is 0 Å². The Morgan fingerprint density at radius 3 is 2.56 bits per heavy atom. The van der Waals surface area contributed by atoms with Crippen LogP contribution in [0.1, 0.15) is 25.3 Å². The first-order valence-electron chi connectivity index (χ1n) is 6.20. The maximum atomic E-state index is 12.2. The Labute approximate surface area is 107 Å². The Kier molecular flexibility index (Phi) is 3.63. The van der Waals surface area contributed by atoms with E-state index >= 15 is 0 Å². The molecule has 18 heavy (non-hydrogen) atoms. The number of hydrogen-bond donors (Lipinski definition) is 2. The highest BCUT2D eigenvalue weighted by Gasteiger charge is 2.38. The SMILES string of the molecule is C[C@@](O)(c1ccncc1)C(N)C(=O)N1CCCC1. The molecule has 0 bridgehead atoms. The fourth-order valence-electron chi connectivity index (χ4n) is 2.24. The van der Waals surface area contributed by atoms with Crippen molar-refractivity contribution in [2.24, 2.45) is 5.73 Å². The summed E-state index contributed by atoms with van der Waals surface area (Å²) < 4.78 is 0. The molecule has 1 fully saturated rings. The number of likely N-dealkylation sites (tertiary alicyclic amines) is 1. The van der Waals surface area contributed by atoms with Crippen molar-refractivity contribution in [3.8, 4) is 0 Å². The Morgan fingerprint density at radius 1 is 1.44 bits per heavy atom. The number of carbonyl (C=O) groups excluding carboxylic acids is 1. The zero-order valence-electron chi connectivity index (χ0n) is 10.5. The summed E-state index contributed by atoms with van der Waals surface area (Å²) in [6, 6.07) is 2.41. The number of aromatic nitrogens is 1. The van der Waals surface area contributed by atoms with E-state index < -0.39 is 11.6 Å². The van der Waals surface area contributed by atoms with Crippen LogP contribution in [-0.4, -0.2) is 40.0 Å². The van der Waals surface area contributed by atoms with Crippen molar-refractivity contribution in [1.29, 1.82) is 0 Å². The van der Waals surface area contributed by atoms with Crippen LogP contribution in [0.2, 0.25) is 0 Å². The van der Waals surface area contributed by atoms with Crippen LogP contribution in [0.4, 0.5) is 0 Å². The van der Waals surface area contributed by atoms with Gasteiger partial charge in [-0.05, 0) is 37.5 Å². The van der Waals surface area contributed by atoms with E-state index in [2.05, 4.69) is 4.98 Å². The lowest BCUT2D eigenvalue weighted by molar-refractivity contribution is -0.137. The van der Waals surface area contributed by atoms with E-state index in [1.807, 2.05) is 0 Å². The van der Waals surface area contributed by atoms with Gasteiger partial charge in [-0.3, -0.25) is 9.78 Å². The van der Waals surface area contributed by atoms with Gasteiger partial charge in [-0.15, -0.1) is 0 Å². The van der Waals surface area contributed by atoms with Crippen LogP contribution < -0.4 is 5.73 Å². The molecule has 2 atom stereocenters. The van der Waals surface area contributed by atoms with Gasteiger partial charge in [-0.1, -0.05) is 0 Å². The van der Waals surface area contributed by atoms with E-state index in [4.69, 9.17) is 5.73 Å². The first-order valence-corrected chi connectivity index (χ1v) is 6.20. The zero-order chi connectivity index (χ0) is 13.2. The Balaban J connectivity index is 2.16. The van der Waals surface area contributed by atoms with Gasteiger partial charge in [-0.2, -0.15) is 0 Å². The second-order valence-corrected chi connectivity index (χ2v) is 4.89. The predicted octanol–water partition coefficient (Wildman–Crippen LogP) is 0.239. The topological polar surface area (TPSA) is 79.5 Å². The van der Waals surface area contributed by atoms with Crippen molar-refractivity contribution in [2.45, 2.75) is 31.4 Å². The van der Waals surface area contributed by atoms with Gasteiger partial charge in [0.2, 0.25) is 5.91 Å². The molecule has 5 heteroatoms. The van der Waals surface area contributed by atoms with E-state index in [1.54, 1.807) is 36.4 Å². The smallest absolute Gasteiger partial charge is 0.242 e. The minimum atomic E-state index is -1.37. The van der Waals surface area contributed by atoms with Crippen LogP contribution in [0.5, 0.6) is 0 Å². The zero-order valence-corrected chi connectivity index (χ0v) is 10.5. The molecule has 1 aliphatic rings. The Bertz CT molecular complexity index is 414. The summed E-state index contributed by atoms with van der Waals surface area (Å²) in [5.74, 6) is -0.186. The van der Waals surface area contributed by atoms with Crippen molar-refractivity contribution < 1.29 is 9.90 Å². The lowest BCUT2D eigenvalue weighted by atomic mass is 9.88. The van der Waals surface area contributed by atoms with Crippen molar-refractivity contribution in [1.82, 2.24) is 9.88 Å². The maximum Gasteiger partial charge on any atom is 0.242 e. The average molecular weight is 249 g/mol. The highest BCUT2D eigenvalue weighted by Crippen LogP contribution is 2.24. The van der Waals surface area contributed by atoms with Crippen LogP contribution in [0.25, 0.3) is 0 Å². The Morgan fingerprint density at radius 2 is 2.00 bits per heavy atom. The molecule has 3 N–H and O–H groups in total. The molecule has 2 heterocycles. The molecule has 1 unspecified atom stereocenters. The fraction of sp³-hybridized carbons (Fsp3) is 0.538. The van der Waals surface area contributed by atoms with Gasteiger partial charge in [0, 0.05) is 25.5 Å². The number of aliphatic hydroxyl groups is 1. The van der Waals surface area contributed by atoms with Gasteiger partial charge in [0.05, 0.1) is 0 Å². The number of pyridine rings is 1. The summed E-state index contributed by atoms with van der Waals surface area (Å²) in [5, 5.41) is 10.5. The number of hydrogen-bond acceptors (Lipinski definition) is 4. The molecule has 1 aromatic rings. The normalized spacial score (nSPS) is 20.5. The van der Waals surface area contributed by atoms with Crippen LogP contribution in [-0.2, 0) is 10.4 Å². The van der Waals surface area contributed by atoms with E-state index in [1.165, 1.54) is 0 Å². The number of amides is 1. The molecule has 1 aromatic heterocycles. The Hall–Kier alpha value is -1.46. The van der Waals surface area contributed by atoms with E-state index in [0.717, 1.165) is 25.9 Å². The number of nitrogens with zero attached hydrogens (tertiary/aromatic N) is 2. The van der Waals surface area contributed by atoms with Gasteiger partial charge in [0.25, 0.3) is 0 Å². The minimum absolute atomic E-state index is 0.186. The summed E-state index contributed by atoms with van der Waals surface area (Å²) in [6.07, 6.45) is 5.18. The van der Waals surface area contributed by atoms with Gasteiger partial charge in [0.15, 0.2) is 0 Å². The number of rotatable bonds is 3. The van der Waals surface area contributed by atoms with Crippen molar-refractivity contribution in [3.63, 3.8) is 0 Å².